The van der Waals surface area contributed by atoms with Crippen LogP contribution < -0.4 is 4.74 Å². The van der Waals surface area contributed by atoms with E-state index in [0.29, 0.717) is 0 Å². The number of pyridine rings is 1. The van der Waals surface area contributed by atoms with Crippen LogP contribution in [0.5, 0.6) is 5.75 Å². The maximum absolute atomic E-state index is 5.27. The lowest BCUT2D eigenvalue weighted by Crippen LogP contribution is -1.88. The Morgan fingerprint density at radius 3 is 2.85 bits per heavy atom. The van der Waals surface area contributed by atoms with Crippen molar-refractivity contribution in [2.24, 2.45) is 0 Å². The van der Waals surface area contributed by atoms with E-state index in [-0.39, 0.29) is 0 Å². The van der Waals surface area contributed by atoms with Gasteiger partial charge in [0.2, 0.25) is 0 Å². The van der Waals surface area contributed by atoms with E-state index in [1.54, 1.807) is 7.11 Å². The van der Waals surface area contributed by atoms with Crippen molar-refractivity contribution in [2.75, 3.05) is 7.11 Å². The first-order valence-electron chi connectivity index (χ1n) is 4.21. The van der Waals surface area contributed by atoms with Crippen LogP contribution in [0.15, 0.2) is 30.5 Å². The molecule has 0 N–H and O–H groups in total. The molecule has 0 aliphatic carbocycles. The van der Waals surface area contributed by atoms with E-state index in [4.69, 9.17) is 4.74 Å². The summed E-state index contributed by atoms with van der Waals surface area (Å²) >= 11 is 0. The third-order valence-corrected chi connectivity index (χ3v) is 2.16. The molecule has 0 radical (unpaired) electrons. The second kappa shape index (κ2) is 3.05. The smallest absolute Gasteiger partial charge is 0.128 e. The Morgan fingerprint density at radius 2 is 2.08 bits per heavy atom. The van der Waals surface area contributed by atoms with Gasteiger partial charge in [0, 0.05) is 11.6 Å². The number of aryl methyl sites for hydroxylation is 1. The van der Waals surface area contributed by atoms with Crippen molar-refractivity contribution in [3.63, 3.8) is 0 Å². The van der Waals surface area contributed by atoms with Crippen molar-refractivity contribution in [3.8, 4) is 5.75 Å². The fourth-order valence-electron chi connectivity index (χ4n) is 1.51. The lowest BCUT2D eigenvalue weighted by molar-refractivity contribution is 0.419. The van der Waals surface area contributed by atoms with Gasteiger partial charge in [0.15, 0.2) is 0 Å². The minimum absolute atomic E-state index is 0.892. The van der Waals surface area contributed by atoms with Crippen LogP contribution in [0.25, 0.3) is 10.9 Å². The molecule has 2 heteroatoms. The molecule has 0 saturated heterocycles. The maximum atomic E-state index is 5.27. The maximum Gasteiger partial charge on any atom is 0.128 e. The van der Waals surface area contributed by atoms with E-state index in [1.165, 1.54) is 5.56 Å². The van der Waals surface area contributed by atoms with Gasteiger partial charge < -0.3 is 4.74 Å². The summed E-state index contributed by atoms with van der Waals surface area (Å²) in [4.78, 5) is 4.27. The van der Waals surface area contributed by atoms with Gasteiger partial charge in [0.1, 0.15) is 5.75 Å². The Kier molecular flexibility index (Phi) is 1.89. The van der Waals surface area contributed by atoms with Crippen LogP contribution in [-0.4, -0.2) is 12.1 Å². The minimum atomic E-state index is 0.892. The normalized spacial score (nSPS) is 10.3. The zero-order valence-corrected chi connectivity index (χ0v) is 7.74. The van der Waals surface area contributed by atoms with Crippen LogP contribution in [0.3, 0.4) is 0 Å². The highest BCUT2D eigenvalue weighted by molar-refractivity contribution is 5.87. The van der Waals surface area contributed by atoms with Crippen molar-refractivity contribution in [1.29, 1.82) is 0 Å². The number of fused-ring (bicyclic) bond motifs is 1. The van der Waals surface area contributed by atoms with Gasteiger partial charge in [-0.25, -0.2) is 0 Å². The predicted molar refractivity (Wildman–Crippen MR) is 53.0 cm³/mol. The first kappa shape index (κ1) is 8.05. The summed E-state index contributed by atoms with van der Waals surface area (Å²) in [5, 5.41) is 1.10. The summed E-state index contributed by atoms with van der Waals surface area (Å²) in [6, 6.07) is 7.89. The molecular formula is C11H11NO. The van der Waals surface area contributed by atoms with E-state index < -0.39 is 0 Å². The number of hydrogen-bond acceptors (Lipinski definition) is 2. The van der Waals surface area contributed by atoms with Crippen molar-refractivity contribution in [3.05, 3.63) is 36.0 Å². The molecule has 2 rings (SSSR count). The lowest BCUT2D eigenvalue weighted by Gasteiger charge is -2.06. The van der Waals surface area contributed by atoms with E-state index in [1.807, 2.05) is 30.5 Å². The van der Waals surface area contributed by atoms with E-state index in [2.05, 4.69) is 11.9 Å². The van der Waals surface area contributed by atoms with Crippen LogP contribution in [0.1, 0.15) is 5.56 Å². The second-order valence-electron chi connectivity index (χ2n) is 2.98. The largest absolute Gasteiger partial charge is 0.496 e. The van der Waals surface area contributed by atoms with Gasteiger partial charge in [-0.2, -0.15) is 0 Å². The van der Waals surface area contributed by atoms with Gasteiger partial charge in [0.25, 0.3) is 0 Å². The number of ether oxygens (including phenoxy) is 1. The Morgan fingerprint density at radius 1 is 1.23 bits per heavy atom. The van der Waals surface area contributed by atoms with Crippen molar-refractivity contribution in [2.45, 2.75) is 6.92 Å². The average Bonchev–Trinajstić information content (AvgIpc) is 2.17. The van der Waals surface area contributed by atoms with E-state index >= 15 is 0 Å². The quantitative estimate of drug-likeness (QED) is 0.661. The molecule has 0 saturated carbocycles. The highest BCUT2D eigenvalue weighted by Crippen LogP contribution is 2.26. The molecule has 2 nitrogen and oxygen atoms in total. The lowest BCUT2D eigenvalue weighted by atomic mass is 10.1. The summed E-state index contributed by atoms with van der Waals surface area (Å²) in [5.41, 5.74) is 2.18. The standard InChI is InChI=1S/C11H11NO/c1-8-6-7-12-9-4-3-5-10(13-2)11(8)9/h3-7H,1-2H3. The first-order valence-corrected chi connectivity index (χ1v) is 4.21. The second-order valence-corrected chi connectivity index (χ2v) is 2.98. The molecule has 0 spiro atoms. The molecule has 2 aromatic rings. The molecule has 0 aliphatic heterocycles. The number of nitrogens with zero attached hydrogens (tertiary/aromatic N) is 1. The summed E-state index contributed by atoms with van der Waals surface area (Å²) in [5.74, 6) is 0.892. The Hall–Kier alpha value is -1.57. The summed E-state index contributed by atoms with van der Waals surface area (Å²) < 4.78 is 5.27. The molecule has 0 bridgehead atoms. The van der Waals surface area contributed by atoms with Gasteiger partial charge in [-0.1, -0.05) is 6.07 Å². The van der Waals surface area contributed by atoms with Gasteiger partial charge in [-0.05, 0) is 30.7 Å². The third-order valence-electron chi connectivity index (χ3n) is 2.16. The molecule has 0 atom stereocenters. The number of hydrogen-bond donors (Lipinski definition) is 0. The number of aromatic nitrogens is 1. The fraction of sp³-hybridized carbons (Fsp3) is 0.182. The topological polar surface area (TPSA) is 22.1 Å². The third kappa shape index (κ3) is 1.24. The minimum Gasteiger partial charge on any atom is -0.496 e. The Labute approximate surface area is 77.2 Å². The molecule has 13 heavy (non-hydrogen) atoms. The molecule has 1 aromatic heterocycles. The molecule has 0 fully saturated rings. The first-order chi connectivity index (χ1) is 6.33. The highest BCUT2D eigenvalue weighted by atomic mass is 16.5. The van der Waals surface area contributed by atoms with Crippen molar-refractivity contribution in [1.82, 2.24) is 4.98 Å². The number of benzene rings is 1. The molecule has 66 valence electrons. The predicted octanol–water partition coefficient (Wildman–Crippen LogP) is 2.55. The SMILES string of the molecule is COc1cccc2nccc(C)c12. The summed E-state index contributed by atoms with van der Waals surface area (Å²) in [6.45, 7) is 2.06. The van der Waals surface area contributed by atoms with Crippen LogP contribution in [0, 0.1) is 6.92 Å². The molecule has 0 amide bonds. The van der Waals surface area contributed by atoms with Crippen LogP contribution in [-0.2, 0) is 0 Å². The van der Waals surface area contributed by atoms with E-state index in [9.17, 15) is 0 Å². The molecular weight excluding hydrogens is 162 g/mol. The number of methoxy groups -OCH3 is 1. The zero-order valence-electron chi connectivity index (χ0n) is 7.74. The van der Waals surface area contributed by atoms with Crippen LogP contribution in [0.2, 0.25) is 0 Å². The summed E-state index contributed by atoms with van der Waals surface area (Å²) in [7, 11) is 1.68. The van der Waals surface area contributed by atoms with Crippen LogP contribution in [0.4, 0.5) is 0 Å². The van der Waals surface area contributed by atoms with Gasteiger partial charge in [-0.3, -0.25) is 4.98 Å². The van der Waals surface area contributed by atoms with Crippen molar-refractivity contribution >= 4 is 10.9 Å². The molecule has 1 aromatic carbocycles. The number of rotatable bonds is 1. The Bertz CT molecular complexity index is 432. The molecule has 0 aliphatic rings. The van der Waals surface area contributed by atoms with Gasteiger partial charge in [-0.15, -0.1) is 0 Å². The van der Waals surface area contributed by atoms with Crippen molar-refractivity contribution < 1.29 is 4.74 Å². The monoisotopic (exact) mass is 173 g/mol. The fourth-order valence-corrected chi connectivity index (χ4v) is 1.51. The zero-order chi connectivity index (χ0) is 9.26. The summed E-state index contributed by atoms with van der Waals surface area (Å²) in [6.07, 6.45) is 1.82. The van der Waals surface area contributed by atoms with Gasteiger partial charge >= 0.3 is 0 Å². The van der Waals surface area contributed by atoms with E-state index in [0.717, 1.165) is 16.7 Å². The molecule has 1 heterocycles. The Balaban J connectivity index is 2.87. The average molecular weight is 173 g/mol. The molecule has 0 unspecified atom stereocenters. The van der Waals surface area contributed by atoms with Gasteiger partial charge in [0.05, 0.1) is 12.6 Å². The highest BCUT2D eigenvalue weighted by Gasteiger charge is 2.03. The van der Waals surface area contributed by atoms with Crippen LogP contribution >= 0.6 is 0 Å².